The Hall–Kier alpha value is -1.80. The highest BCUT2D eigenvalue weighted by atomic mass is 19.4. The molecule has 2 heterocycles. The normalized spacial score (nSPS) is 24.8. The van der Waals surface area contributed by atoms with Crippen molar-refractivity contribution in [1.29, 1.82) is 0 Å². The SMILES string of the molecule is CN=C(NCC1(c2cccc(C(F)(F)F)c2)CCC1)N1CCC(CN2CCOCC2)C1. The second-order valence-corrected chi connectivity index (χ2v) is 9.13. The second-order valence-electron chi connectivity index (χ2n) is 9.13. The molecule has 1 saturated carbocycles. The Labute approximate surface area is 182 Å². The minimum atomic E-state index is -4.31. The van der Waals surface area contributed by atoms with Gasteiger partial charge in [0.05, 0.1) is 18.8 Å². The summed E-state index contributed by atoms with van der Waals surface area (Å²) in [5, 5.41) is 3.50. The maximum atomic E-state index is 13.2. The first-order valence-electron chi connectivity index (χ1n) is 11.3. The van der Waals surface area contributed by atoms with Gasteiger partial charge >= 0.3 is 6.18 Å². The highest BCUT2D eigenvalue weighted by molar-refractivity contribution is 5.80. The zero-order chi connectivity index (χ0) is 21.9. The van der Waals surface area contributed by atoms with E-state index < -0.39 is 11.7 Å². The van der Waals surface area contributed by atoms with Crippen molar-refractivity contribution in [3.05, 3.63) is 35.4 Å². The van der Waals surface area contributed by atoms with E-state index in [9.17, 15) is 13.2 Å². The molecule has 0 aromatic heterocycles. The van der Waals surface area contributed by atoms with E-state index in [1.54, 1.807) is 7.05 Å². The van der Waals surface area contributed by atoms with E-state index in [2.05, 4.69) is 20.1 Å². The van der Waals surface area contributed by atoms with E-state index in [1.165, 1.54) is 12.1 Å². The number of rotatable bonds is 5. The third-order valence-corrected chi connectivity index (χ3v) is 7.12. The van der Waals surface area contributed by atoms with Gasteiger partial charge in [-0.15, -0.1) is 0 Å². The van der Waals surface area contributed by atoms with E-state index in [4.69, 9.17) is 4.74 Å². The van der Waals surface area contributed by atoms with Crippen LogP contribution in [0.3, 0.4) is 0 Å². The molecule has 1 aromatic carbocycles. The first-order chi connectivity index (χ1) is 14.9. The molecule has 4 rings (SSSR count). The maximum Gasteiger partial charge on any atom is 0.416 e. The molecular weight excluding hydrogens is 405 g/mol. The highest BCUT2D eigenvalue weighted by Crippen LogP contribution is 2.44. The average Bonchev–Trinajstić information content (AvgIpc) is 3.18. The Balaban J connectivity index is 1.36. The Morgan fingerprint density at radius 2 is 2.00 bits per heavy atom. The number of morpholine rings is 1. The van der Waals surface area contributed by atoms with Crippen LogP contribution in [0.5, 0.6) is 0 Å². The predicted molar refractivity (Wildman–Crippen MR) is 115 cm³/mol. The van der Waals surface area contributed by atoms with Crippen LogP contribution >= 0.6 is 0 Å². The van der Waals surface area contributed by atoms with E-state index in [0.29, 0.717) is 12.5 Å². The molecule has 1 unspecified atom stereocenters. The molecule has 31 heavy (non-hydrogen) atoms. The summed E-state index contributed by atoms with van der Waals surface area (Å²) in [6.07, 6.45) is -0.329. The number of nitrogens with zero attached hydrogens (tertiary/aromatic N) is 3. The van der Waals surface area contributed by atoms with Crippen molar-refractivity contribution in [1.82, 2.24) is 15.1 Å². The lowest BCUT2D eigenvalue weighted by Crippen LogP contribution is -2.50. The van der Waals surface area contributed by atoms with Gasteiger partial charge in [-0.3, -0.25) is 9.89 Å². The van der Waals surface area contributed by atoms with E-state index >= 15 is 0 Å². The highest BCUT2D eigenvalue weighted by Gasteiger charge is 2.41. The standard InChI is InChI=1S/C23H33F3N4O/c1-27-21(30-9-6-18(16-30)15-29-10-12-31-13-11-29)28-17-22(7-3-8-22)19-4-2-5-20(14-19)23(24,25)26/h2,4-5,14,18H,3,6-13,15-17H2,1H3,(H,27,28). The predicted octanol–water partition coefficient (Wildman–Crippen LogP) is 3.36. The quantitative estimate of drug-likeness (QED) is 0.565. The number of aliphatic imine (C=N–C) groups is 1. The van der Waals surface area contributed by atoms with E-state index in [-0.39, 0.29) is 5.41 Å². The van der Waals surface area contributed by atoms with Gasteiger partial charge in [0.2, 0.25) is 0 Å². The number of likely N-dealkylation sites (tertiary alicyclic amines) is 1. The lowest BCUT2D eigenvalue weighted by atomic mass is 9.64. The van der Waals surface area contributed by atoms with Crippen molar-refractivity contribution in [2.75, 3.05) is 59.5 Å². The van der Waals surface area contributed by atoms with Crippen molar-refractivity contribution in [3.8, 4) is 0 Å². The number of ether oxygens (including phenoxy) is 1. The number of alkyl halides is 3. The summed E-state index contributed by atoms with van der Waals surface area (Å²) in [5.41, 5.74) is -0.0290. The van der Waals surface area contributed by atoms with Crippen molar-refractivity contribution >= 4 is 5.96 Å². The summed E-state index contributed by atoms with van der Waals surface area (Å²) in [6.45, 7) is 7.27. The van der Waals surface area contributed by atoms with Gasteiger partial charge in [0, 0.05) is 51.7 Å². The monoisotopic (exact) mass is 438 g/mol. The van der Waals surface area contributed by atoms with Crippen LogP contribution in [0.15, 0.2) is 29.3 Å². The van der Waals surface area contributed by atoms with Gasteiger partial charge in [0.1, 0.15) is 0 Å². The maximum absolute atomic E-state index is 13.2. The summed E-state index contributed by atoms with van der Waals surface area (Å²) in [7, 11) is 1.79. The molecule has 1 atom stereocenters. The third-order valence-electron chi connectivity index (χ3n) is 7.12. The fourth-order valence-electron chi connectivity index (χ4n) is 5.10. The number of hydrogen-bond donors (Lipinski definition) is 1. The van der Waals surface area contributed by atoms with Crippen molar-refractivity contribution < 1.29 is 17.9 Å². The lowest BCUT2D eigenvalue weighted by molar-refractivity contribution is -0.137. The first kappa shape index (κ1) is 22.4. The molecule has 1 N–H and O–H groups in total. The molecule has 1 aliphatic carbocycles. The van der Waals surface area contributed by atoms with Gasteiger partial charge in [0.25, 0.3) is 0 Å². The molecule has 0 radical (unpaired) electrons. The molecule has 0 spiro atoms. The average molecular weight is 439 g/mol. The Morgan fingerprint density at radius 3 is 2.65 bits per heavy atom. The molecule has 3 fully saturated rings. The van der Waals surface area contributed by atoms with Gasteiger partial charge in [-0.1, -0.05) is 24.6 Å². The molecule has 0 bridgehead atoms. The number of benzene rings is 1. The van der Waals surface area contributed by atoms with Crippen LogP contribution in [0.4, 0.5) is 13.2 Å². The third kappa shape index (κ3) is 5.17. The van der Waals surface area contributed by atoms with Crippen LogP contribution in [-0.2, 0) is 16.3 Å². The fourth-order valence-corrected chi connectivity index (χ4v) is 5.10. The first-order valence-corrected chi connectivity index (χ1v) is 11.3. The molecule has 1 aromatic rings. The summed E-state index contributed by atoms with van der Waals surface area (Å²) >= 11 is 0. The van der Waals surface area contributed by atoms with Crippen molar-refractivity contribution in [3.63, 3.8) is 0 Å². The van der Waals surface area contributed by atoms with Crippen molar-refractivity contribution in [2.24, 2.45) is 10.9 Å². The van der Waals surface area contributed by atoms with Crippen LogP contribution < -0.4 is 5.32 Å². The fraction of sp³-hybridized carbons (Fsp3) is 0.696. The van der Waals surface area contributed by atoms with Crippen LogP contribution in [-0.4, -0.2) is 75.3 Å². The number of guanidine groups is 1. The summed E-state index contributed by atoms with van der Waals surface area (Å²) in [6, 6.07) is 5.86. The summed E-state index contributed by atoms with van der Waals surface area (Å²) < 4.78 is 45.1. The van der Waals surface area contributed by atoms with Gasteiger partial charge in [-0.25, -0.2) is 0 Å². The van der Waals surface area contributed by atoms with Gasteiger partial charge in [0.15, 0.2) is 5.96 Å². The topological polar surface area (TPSA) is 40.1 Å². The molecule has 2 aliphatic heterocycles. The molecule has 5 nitrogen and oxygen atoms in total. The molecule has 2 saturated heterocycles. The van der Waals surface area contributed by atoms with Crippen LogP contribution in [0.2, 0.25) is 0 Å². The Morgan fingerprint density at radius 1 is 1.23 bits per heavy atom. The molecule has 3 aliphatic rings. The van der Waals surface area contributed by atoms with Crippen molar-refractivity contribution in [2.45, 2.75) is 37.3 Å². The molecule has 172 valence electrons. The molecule has 0 amide bonds. The Bertz CT molecular complexity index is 772. The minimum Gasteiger partial charge on any atom is -0.379 e. The Kier molecular flexibility index (Phi) is 6.77. The lowest BCUT2D eigenvalue weighted by Gasteiger charge is -2.43. The van der Waals surface area contributed by atoms with Crippen LogP contribution in [0.25, 0.3) is 0 Å². The molecular formula is C23H33F3N4O. The smallest absolute Gasteiger partial charge is 0.379 e. The largest absolute Gasteiger partial charge is 0.416 e. The zero-order valence-electron chi connectivity index (χ0n) is 18.3. The van der Waals surface area contributed by atoms with Gasteiger partial charge in [-0.2, -0.15) is 13.2 Å². The minimum absolute atomic E-state index is 0.246. The summed E-state index contributed by atoms with van der Waals surface area (Å²) in [5.74, 6) is 1.47. The number of halogens is 3. The number of hydrogen-bond acceptors (Lipinski definition) is 3. The van der Waals surface area contributed by atoms with Crippen LogP contribution in [0, 0.1) is 5.92 Å². The molecule has 8 heteroatoms. The van der Waals surface area contributed by atoms with E-state index in [1.807, 2.05) is 6.07 Å². The zero-order valence-corrected chi connectivity index (χ0v) is 18.3. The van der Waals surface area contributed by atoms with E-state index in [0.717, 1.165) is 89.2 Å². The summed E-state index contributed by atoms with van der Waals surface area (Å²) in [4.78, 5) is 9.25. The van der Waals surface area contributed by atoms with Gasteiger partial charge < -0.3 is 15.0 Å². The number of nitrogens with one attached hydrogen (secondary N) is 1. The van der Waals surface area contributed by atoms with Crippen LogP contribution in [0.1, 0.15) is 36.8 Å². The van der Waals surface area contributed by atoms with Gasteiger partial charge in [-0.05, 0) is 36.8 Å². The second kappa shape index (κ2) is 9.36.